The van der Waals surface area contributed by atoms with E-state index in [0.717, 1.165) is 28.0 Å². The number of carbonyl (C=O) groups excluding carboxylic acids is 2. The van der Waals surface area contributed by atoms with Gasteiger partial charge in [0.15, 0.2) is 5.82 Å². The quantitative estimate of drug-likeness (QED) is 0.127. The Morgan fingerprint density at radius 1 is 1.14 bits per heavy atom. The van der Waals surface area contributed by atoms with E-state index in [-0.39, 0.29) is 37.0 Å². The zero-order valence-corrected chi connectivity index (χ0v) is 33.2. The lowest BCUT2D eigenvalue weighted by Gasteiger charge is -2.39. The van der Waals surface area contributed by atoms with E-state index in [1.165, 1.54) is 11.0 Å². The first kappa shape index (κ1) is 39.0. The SMILES string of the molecule is Cc1c(CN(C)C(=O)/C=C/c2cnc3c(c2)NC(C)(C)C(=O)N3COP(=O)(OCCS(C)(C)C)OCC(C)S(C)(C)C)oc2ccccc12. The van der Waals surface area contributed by atoms with Crippen molar-refractivity contribution in [1.82, 2.24) is 9.88 Å². The van der Waals surface area contributed by atoms with Crippen LogP contribution in [0, 0.1) is 6.92 Å². The number of benzene rings is 1. The number of furan rings is 1. The molecule has 14 heteroatoms. The van der Waals surface area contributed by atoms with Gasteiger partial charge in [0.05, 0.1) is 25.4 Å². The lowest BCUT2D eigenvalue weighted by Crippen LogP contribution is -2.54. The van der Waals surface area contributed by atoms with E-state index in [4.69, 9.17) is 18.0 Å². The fourth-order valence-corrected chi connectivity index (χ4v) is 7.30. The van der Waals surface area contributed by atoms with Gasteiger partial charge < -0.3 is 14.6 Å². The average Bonchev–Trinajstić information content (AvgIpc) is 3.32. The third kappa shape index (κ3) is 10.1. The largest absolute Gasteiger partial charge is 0.476 e. The molecule has 0 saturated heterocycles. The average molecular weight is 737 g/mol. The fraction of sp³-hybridized carbons (Fsp3) is 0.514. The first-order chi connectivity index (χ1) is 22.7. The van der Waals surface area contributed by atoms with Gasteiger partial charge in [-0.15, -0.1) is 0 Å². The van der Waals surface area contributed by atoms with Crippen LogP contribution in [0.4, 0.5) is 11.5 Å². The monoisotopic (exact) mass is 736 g/mol. The summed E-state index contributed by atoms with van der Waals surface area (Å²) in [6, 6.07) is 9.61. The molecule has 0 spiro atoms. The van der Waals surface area contributed by atoms with Crippen molar-refractivity contribution in [3.63, 3.8) is 0 Å². The number of pyridine rings is 1. The van der Waals surface area contributed by atoms with Crippen LogP contribution in [0.1, 0.15) is 37.7 Å². The number of amides is 2. The standard InChI is InChI=1S/C35H53N4O7PS2/c1-25(49(9,10)11)23-44-47(42,43-18-19-48(6,7)8)45-24-39-33-29(37-35(3,4)34(39)41)20-27(21-36-33)16-17-32(40)38(5)22-31-26(2)28-14-12-13-15-30(28)46-31/h12-17,20-21,25,37H,18-19,22-24H2,1-11H3/b17-16+. The highest BCUT2D eigenvalue weighted by atomic mass is 32.3. The van der Waals surface area contributed by atoms with Crippen molar-refractivity contribution in [2.45, 2.75) is 45.0 Å². The van der Waals surface area contributed by atoms with Gasteiger partial charge >= 0.3 is 7.82 Å². The number of nitrogens with one attached hydrogen (secondary N) is 1. The number of phosphoric acid groups is 1. The topological polar surface area (TPSA) is 123 Å². The summed E-state index contributed by atoms with van der Waals surface area (Å²) in [4.78, 5) is 34.1. The van der Waals surface area contributed by atoms with E-state index >= 15 is 0 Å². The highest BCUT2D eigenvalue weighted by Crippen LogP contribution is 2.53. The number of para-hydroxylation sites is 1. The van der Waals surface area contributed by atoms with Gasteiger partial charge in [0.2, 0.25) is 5.91 Å². The van der Waals surface area contributed by atoms with Crippen LogP contribution in [0.5, 0.6) is 0 Å². The van der Waals surface area contributed by atoms with Crippen molar-refractivity contribution in [1.29, 1.82) is 0 Å². The summed E-state index contributed by atoms with van der Waals surface area (Å²) in [6.45, 7) is 7.91. The summed E-state index contributed by atoms with van der Waals surface area (Å²) in [6.07, 6.45) is 17.7. The first-order valence-electron chi connectivity index (χ1n) is 16.1. The van der Waals surface area contributed by atoms with E-state index in [1.807, 2.05) is 37.3 Å². The van der Waals surface area contributed by atoms with Gasteiger partial charge in [0.1, 0.15) is 23.6 Å². The normalized spacial score (nSPS) is 17.4. The van der Waals surface area contributed by atoms with Gasteiger partial charge in [-0.05, 0) is 82.1 Å². The summed E-state index contributed by atoms with van der Waals surface area (Å²) in [5.74, 6) is 1.25. The van der Waals surface area contributed by atoms with Crippen LogP contribution < -0.4 is 10.2 Å². The second kappa shape index (κ2) is 15.2. The molecule has 1 N–H and O–H groups in total. The van der Waals surface area contributed by atoms with Crippen LogP contribution in [0.25, 0.3) is 17.0 Å². The highest BCUT2D eigenvalue weighted by Gasteiger charge is 2.41. The Morgan fingerprint density at radius 3 is 2.49 bits per heavy atom. The Balaban J connectivity index is 1.49. The Kier molecular flexibility index (Phi) is 12.1. The number of carbonyl (C=O) groups is 2. The number of aromatic nitrogens is 1. The van der Waals surface area contributed by atoms with Gasteiger partial charge in [0, 0.05) is 41.3 Å². The van der Waals surface area contributed by atoms with Gasteiger partial charge in [0.25, 0.3) is 5.91 Å². The molecule has 2 amide bonds. The Bertz CT molecular complexity index is 1750. The second-order valence-corrected chi connectivity index (χ2v) is 25.6. The molecule has 49 heavy (non-hydrogen) atoms. The van der Waals surface area contributed by atoms with Crippen LogP contribution in [-0.2, 0) is 34.3 Å². The number of fused-ring (bicyclic) bond motifs is 2. The molecular weight excluding hydrogens is 684 g/mol. The van der Waals surface area contributed by atoms with E-state index in [9.17, 15) is 14.2 Å². The highest BCUT2D eigenvalue weighted by molar-refractivity contribution is 8.32. The number of rotatable bonds is 15. The molecule has 3 heterocycles. The van der Waals surface area contributed by atoms with Gasteiger partial charge in [-0.1, -0.05) is 25.1 Å². The van der Waals surface area contributed by atoms with Crippen molar-refractivity contribution >= 4 is 68.2 Å². The predicted molar refractivity (Wildman–Crippen MR) is 206 cm³/mol. The van der Waals surface area contributed by atoms with Gasteiger partial charge in [-0.3, -0.25) is 28.1 Å². The molecule has 1 aliphatic heterocycles. The van der Waals surface area contributed by atoms with E-state index in [1.54, 1.807) is 38.1 Å². The molecule has 0 bridgehead atoms. The zero-order valence-electron chi connectivity index (χ0n) is 30.7. The molecule has 2 atom stereocenters. The molecule has 4 rings (SSSR count). The number of anilines is 2. The molecule has 2 aromatic heterocycles. The number of likely N-dealkylation sites (N-methyl/N-ethyl adjacent to an activating group) is 1. The Hall–Kier alpha value is -2.80. The number of hydrogen-bond donors (Lipinski definition) is 1. The zero-order chi connectivity index (χ0) is 36.4. The van der Waals surface area contributed by atoms with Crippen molar-refractivity contribution in [2.75, 3.05) is 80.5 Å². The lowest BCUT2D eigenvalue weighted by molar-refractivity contribution is -0.125. The number of aryl methyl sites for hydroxylation is 1. The summed E-state index contributed by atoms with van der Waals surface area (Å²) < 4.78 is 37.4. The minimum Gasteiger partial charge on any atom is -0.459 e. The molecule has 11 nitrogen and oxygen atoms in total. The number of hydrogen-bond acceptors (Lipinski definition) is 9. The van der Waals surface area contributed by atoms with Crippen LogP contribution in [0.2, 0.25) is 0 Å². The molecule has 0 fully saturated rings. The van der Waals surface area contributed by atoms with Crippen LogP contribution in [0.3, 0.4) is 0 Å². The summed E-state index contributed by atoms with van der Waals surface area (Å²) >= 11 is 0. The van der Waals surface area contributed by atoms with Gasteiger partial charge in [-0.25, -0.2) is 29.6 Å². The molecule has 2 unspecified atom stereocenters. The fourth-order valence-electron chi connectivity index (χ4n) is 4.82. The van der Waals surface area contributed by atoms with E-state index in [0.29, 0.717) is 23.6 Å². The molecule has 0 saturated carbocycles. The minimum absolute atomic E-state index is 0.149. The Labute approximate surface area is 294 Å². The number of nitrogens with zero attached hydrogens (tertiary/aromatic N) is 3. The third-order valence-electron chi connectivity index (χ3n) is 8.45. The molecule has 0 aliphatic carbocycles. The van der Waals surface area contributed by atoms with Crippen LogP contribution >= 0.6 is 27.9 Å². The molecular formula is C35H53N4O7PS2. The maximum Gasteiger partial charge on any atom is 0.476 e. The minimum atomic E-state index is -4.03. The van der Waals surface area contributed by atoms with Gasteiger partial charge in [-0.2, -0.15) is 0 Å². The molecule has 0 radical (unpaired) electrons. The number of phosphoric ester groups is 1. The molecule has 272 valence electrons. The molecule has 1 aromatic carbocycles. The van der Waals surface area contributed by atoms with Crippen molar-refractivity contribution in [3.05, 3.63) is 59.5 Å². The third-order valence-corrected chi connectivity index (χ3v) is 13.8. The second-order valence-electron chi connectivity index (χ2n) is 14.7. The van der Waals surface area contributed by atoms with Crippen LogP contribution in [0.15, 0.2) is 47.0 Å². The van der Waals surface area contributed by atoms with Crippen molar-refractivity contribution in [2.24, 2.45) is 0 Å². The van der Waals surface area contributed by atoms with Crippen molar-refractivity contribution < 1.29 is 32.1 Å². The smallest absolute Gasteiger partial charge is 0.459 e. The molecule has 3 aromatic rings. The van der Waals surface area contributed by atoms with E-state index in [2.05, 4.69) is 54.8 Å². The molecule has 1 aliphatic rings. The Morgan fingerprint density at radius 2 is 1.84 bits per heavy atom. The maximum absolute atomic E-state index is 13.9. The van der Waals surface area contributed by atoms with Crippen LogP contribution in [-0.4, -0.2) is 103 Å². The summed E-state index contributed by atoms with van der Waals surface area (Å²) in [5, 5.41) is 4.43. The summed E-state index contributed by atoms with van der Waals surface area (Å²) in [5.41, 5.74) is 1.99. The summed E-state index contributed by atoms with van der Waals surface area (Å²) in [7, 11) is -4.20. The lowest BCUT2D eigenvalue weighted by atomic mass is 9.99. The van der Waals surface area contributed by atoms with E-state index < -0.39 is 33.4 Å². The van der Waals surface area contributed by atoms with Crippen molar-refractivity contribution in [3.8, 4) is 0 Å². The maximum atomic E-state index is 13.9. The first-order valence-corrected chi connectivity index (χ1v) is 23.5. The predicted octanol–water partition coefficient (Wildman–Crippen LogP) is 7.24.